The van der Waals surface area contributed by atoms with Gasteiger partial charge >= 0.3 is 0 Å². The average Bonchev–Trinajstić information content (AvgIpc) is 3.14. The Morgan fingerprint density at radius 3 is 2.79 bits per heavy atom. The van der Waals surface area contributed by atoms with E-state index in [9.17, 15) is 14.0 Å². The van der Waals surface area contributed by atoms with Crippen molar-refractivity contribution in [3.8, 4) is 11.8 Å². The van der Waals surface area contributed by atoms with E-state index < -0.39 is 23.6 Å². The van der Waals surface area contributed by atoms with Crippen LogP contribution in [0.25, 0.3) is 0 Å². The van der Waals surface area contributed by atoms with Crippen LogP contribution >= 0.6 is 0 Å². The van der Waals surface area contributed by atoms with Gasteiger partial charge in [0.2, 0.25) is 0 Å². The van der Waals surface area contributed by atoms with Crippen LogP contribution in [0.3, 0.4) is 0 Å². The number of fused-ring (bicyclic) bond motifs is 1. The zero-order chi connectivity index (χ0) is 13.6. The Morgan fingerprint density at radius 1 is 1.47 bits per heavy atom. The molecule has 1 spiro atoms. The van der Waals surface area contributed by atoms with Gasteiger partial charge in [0.05, 0.1) is 12.7 Å². The largest absolute Gasteiger partial charge is 0.492 e. The summed E-state index contributed by atoms with van der Waals surface area (Å²) in [5.74, 6) is -1.57. The van der Waals surface area contributed by atoms with Gasteiger partial charge in [-0.1, -0.05) is 0 Å². The summed E-state index contributed by atoms with van der Waals surface area (Å²) in [6.45, 7) is 3.79. The lowest BCUT2D eigenvalue weighted by atomic mass is 9.76. The highest BCUT2D eigenvalue weighted by molar-refractivity contribution is 5.45. The van der Waals surface area contributed by atoms with E-state index in [0.29, 0.717) is 6.61 Å². The van der Waals surface area contributed by atoms with Gasteiger partial charge in [-0.15, -0.1) is 0 Å². The Labute approximate surface area is 109 Å². The van der Waals surface area contributed by atoms with Crippen LogP contribution in [0, 0.1) is 28.4 Å². The van der Waals surface area contributed by atoms with Crippen molar-refractivity contribution in [3.63, 3.8) is 0 Å². The first-order valence-corrected chi connectivity index (χ1v) is 6.08. The minimum Gasteiger partial charge on any atom is -0.492 e. The molecule has 1 fully saturated rings. The maximum Gasteiger partial charge on any atom is 0.143 e. The molecular weight excluding hydrogens is 250 g/mol. The lowest BCUT2D eigenvalue weighted by Gasteiger charge is -2.35. The number of aliphatic imine (C=N–C) groups is 1. The van der Waals surface area contributed by atoms with Crippen LogP contribution in [-0.2, 0) is 0 Å². The van der Waals surface area contributed by atoms with Crippen LogP contribution in [0.15, 0.2) is 17.1 Å². The fourth-order valence-electron chi connectivity index (χ4n) is 2.93. The van der Waals surface area contributed by atoms with Gasteiger partial charge < -0.3 is 4.74 Å². The molecule has 5 heteroatoms. The Balaban J connectivity index is 2.17. The summed E-state index contributed by atoms with van der Waals surface area (Å²) < 4.78 is 32.8. The first kappa shape index (κ1) is 12.1. The predicted octanol–water partition coefficient (Wildman–Crippen LogP) is 2.81. The lowest BCUT2D eigenvalue weighted by molar-refractivity contribution is 0.165. The third kappa shape index (κ3) is 1.71. The minimum atomic E-state index is -0.731. The van der Waals surface area contributed by atoms with E-state index in [0.717, 1.165) is 25.0 Å². The molecule has 1 aromatic carbocycles. The normalized spacial score (nSPS) is 23.9. The predicted molar refractivity (Wildman–Crippen MR) is 65.2 cm³/mol. The summed E-state index contributed by atoms with van der Waals surface area (Å²) in [6, 6.07) is 3.32. The third-order valence-electron chi connectivity index (χ3n) is 4.08. The Morgan fingerprint density at radius 2 is 2.21 bits per heavy atom. The van der Waals surface area contributed by atoms with Crippen molar-refractivity contribution in [2.75, 3.05) is 6.61 Å². The Hall–Kier alpha value is -1.96. The number of hydrogen-bond donors (Lipinski definition) is 0. The lowest BCUT2D eigenvalue weighted by Crippen LogP contribution is -2.34. The van der Waals surface area contributed by atoms with Crippen LogP contribution in [0.4, 0.5) is 8.78 Å². The van der Waals surface area contributed by atoms with E-state index in [1.165, 1.54) is 0 Å². The number of nitrogens with zero attached hydrogens (tertiary/aromatic N) is 2. The van der Waals surface area contributed by atoms with Crippen LogP contribution in [-0.4, -0.2) is 19.4 Å². The van der Waals surface area contributed by atoms with E-state index in [4.69, 9.17) is 4.74 Å². The smallest absolute Gasteiger partial charge is 0.143 e. The fourth-order valence-corrected chi connectivity index (χ4v) is 2.93. The highest BCUT2D eigenvalue weighted by atomic mass is 19.1. The van der Waals surface area contributed by atoms with E-state index in [1.807, 2.05) is 0 Å². The summed E-state index contributed by atoms with van der Waals surface area (Å²) in [4.78, 5) is 3.80. The quantitative estimate of drug-likeness (QED) is 0.769. The zero-order valence-electron chi connectivity index (χ0n) is 10.2. The maximum absolute atomic E-state index is 14.1. The van der Waals surface area contributed by atoms with Crippen molar-refractivity contribution < 1.29 is 13.5 Å². The summed E-state index contributed by atoms with van der Waals surface area (Å²) in [5.41, 5.74) is 0.0249. The Kier molecular flexibility index (Phi) is 2.56. The topological polar surface area (TPSA) is 45.4 Å². The third-order valence-corrected chi connectivity index (χ3v) is 4.08. The molecule has 1 aliphatic heterocycles. The molecule has 1 unspecified atom stereocenters. The molecule has 1 aromatic rings. The molecule has 1 saturated carbocycles. The number of halogens is 2. The molecule has 98 valence electrons. The summed E-state index contributed by atoms with van der Waals surface area (Å²) in [5, 5.41) is 9.19. The van der Waals surface area contributed by atoms with Gasteiger partial charge in [0.25, 0.3) is 0 Å². The molecule has 1 aliphatic carbocycles. The van der Waals surface area contributed by atoms with Gasteiger partial charge in [0, 0.05) is 29.0 Å². The minimum absolute atomic E-state index is 0.184. The fraction of sp³-hybridized carbons (Fsp3) is 0.429. The molecule has 2 atom stereocenters. The van der Waals surface area contributed by atoms with Crippen LogP contribution in [0.5, 0.6) is 5.75 Å². The second kappa shape index (κ2) is 4.02. The highest BCUT2D eigenvalue weighted by Gasteiger charge is 2.57. The van der Waals surface area contributed by atoms with Crippen molar-refractivity contribution in [2.24, 2.45) is 10.4 Å². The summed E-state index contributed by atoms with van der Waals surface area (Å²) >= 11 is 0. The first-order chi connectivity index (χ1) is 9.11. The van der Waals surface area contributed by atoms with Crippen molar-refractivity contribution in [1.82, 2.24) is 0 Å². The molecular formula is C14H12F2N2O. The summed E-state index contributed by atoms with van der Waals surface area (Å²) in [6.07, 6.45) is 1.73. The molecule has 3 rings (SSSR count). The summed E-state index contributed by atoms with van der Waals surface area (Å²) in [7, 11) is 0. The number of ether oxygens (including phenoxy) is 1. The van der Waals surface area contributed by atoms with Gasteiger partial charge in [0.15, 0.2) is 0 Å². The van der Waals surface area contributed by atoms with Gasteiger partial charge in [-0.05, 0) is 19.6 Å². The molecule has 0 bridgehead atoms. The number of hydrogen-bond acceptors (Lipinski definition) is 3. The van der Waals surface area contributed by atoms with Crippen LogP contribution in [0.2, 0.25) is 0 Å². The van der Waals surface area contributed by atoms with Gasteiger partial charge in [-0.2, -0.15) is 5.26 Å². The maximum atomic E-state index is 14.1. The zero-order valence-corrected chi connectivity index (χ0v) is 10.2. The SMILES string of the molecule is C=N[C@H](C#N)C1c2c(F)cc(F)cc2OCC12CC2. The van der Waals surface area contributed by atoms with Crippen molar-refractivity contribution in [2.45, 2.75) is 24.8 Å². The number of rotatable bonds is 2. The van der Waals surface area contributed by atoms with Crippen molar-refractivity contribution >= 4 is 6.72 Å². The standard InChI is InChI=1S/C14H12F2N2O/c1-18-10(6-17)13-12-9(16)4-8(15)5-11(12)19-7-14(13)2-3-14/h4-5,10,13H,1-3,7H2/t10-,13?/m1/s1. The van der Waals surface area contributed by atoms with E-state index >= 15 is 0 Å². The molecule has 0 saturated heterocycles. The van der Waals surface area contributed by atoms with E-state index in [-0.39, 0.29) is 16.7 Å². The number of benzene rings is 1. The van der Waals surface area contributed by atoms with Crippen molar-refractivity contribution in [1.29, 1.82) is 5.26 Å². The monoisotopic (exact) mass is 262 g/mol. The molecule has 3 nitrogen and oxygen atoms in total. The number of nitriles is 1. The molecule has 19 heavy (non-hydrogen) atoms. The molecule has 0 radical (unpaired) electrons. The van der Waals surface area contributed by atoms with Gasteiger partial charge in [-0.3, -0.25) is 4.99 Å². The highest BCUT2D eigenvalue weighted by Crippen LogP contribution is 2.61. The Bertz CT molecular complexity index is 590. The van der Waals surface area contributed by atoms with E-state index in [2.05, 4.69) is 17.8 Å². The second-order valence-corrected chi connectivity index (χ2v) is 5.18. The van der Waals surface area contributed by atoms with E-state index in [1.54, 1.807) is 0 Å². The molecule has 0 N–H and O–H groups in total. The molecule has 2 aliphatic rings. The molecule has 1 heterocycles. The first-order valence-electron chi connectivity index (χ1n) is 6.08. The van der Waals surface area contributed by atoms with Gasteiger partial charge in [-0.25, -0.2) is 8.78 Å². The van der Waals surface area contributed by atoms with Crippen molar-refractivity contribution in [3.05, 3.63) is 29.3 Å². The van der Waals surface area contributed by atoms with Crippen LogP contribution < -0.4 is 4.74 Å². The average molecular weight is 262 g/mol. The van der Waals surface area contributed by atoms with Crippen LogP contribution in [0.1, 0.15) is 24.3 Å². The van der Waals surface area contributed by atoms with Gasteiger partial charge in [0.1, 0.15) is 23.4 Å². The second-order valence-electron chi connectivity index (χ2n) is 5.18. The molecule has 0 aromatic heterocycles. The molecule has 0 amide bonds.